The quantitative estimate of drug-likeness (QED) is 0.589. The summed E-state index contributed by atoms with van der Waals surface area (Å²) in [6.07, 6.45) is 7.64. The lowest BCUT2D eigenvalue weighted by Gasteiger charge is -2.42. The normalized spacial score (nSPS) is 18.6. The van der Waals surface area contributed by atoms with E-state index in [4.69, 9.17) is 4.74 Å². The summed E-state index contributed by atoms with van der Waals surface area (Å²) in [6.45, 7) is 15.9. The highest BCUT2D eigenvalue weighted by molar-refractivity contribution is 4.88. The van der Waals surface area contributed by atoms with Crippen molar-refractivity contribution in [1.82, 2.24) is 10.2 Å². The van der Waals surface area contributed by atoms with Crippen molar-refractivity contribution in [3.05, 3.63) is 0 Å². The van der Waals surface area contributed by atoms with E-state index < -0.39 is 0 Å². The van der Waals surface area contributed by atoms with Crippen LogP contribution in [0.4, 0.5) is 0 Å². The molecule has 0 radical (unpaired) electrons. The van der Waals surface area contributed by atoms with E-state index >= 15 is 0 Å². The second kappa shape index (κ2) is 10.6. The first-order valence-corrected chi connectivity index (χ1v) is 9.16. The molecule has 1 saturated heterocycles. The zero-order valence-corrected chi connectivity index (χ0v) is 14.9. The van der Waals surface area contributed by atoms with E-state index in [1.54, 1.807) is 0 Å². The molecule has 0 aromatic heterocycles. The number of hydrogen-bond donors (Lipinski definition) is 1. The van der Waals surface area contributed by atoms with Crippen LogP contribution in [0.25, 0.3) is 0 Å². The van der Waals surface area contributed by atoms with Gasteiger partial charge in [0, 0.05) is 32.3 Å². The Labute approximate surface area is 132 Å². The Bertz CT molecular complexity index is 250. The fourth-order valence-corrected chi connectivity index (χ4v) is 3.24. The predicted octanol–water partition coefficient (Wildman–Crippen LogP) is 3.68. The van der Waals surface area contributed by atoms with Crippen LogP contribution in [0.15, 0.2) is 0 Å². The van der Waals surface area contributed by atoms with Crippen molar-refractivity contribution in [2.75, 3.05) is 39.4 Å². The van der Waals surface area contributed by atoms with E-state index in [0.29, 0.717) is 11.5 Å². The standard InChI is InChI=1S/C18H38N2O/c1-5-7-8-12-20(17(3)4)16-18(15-19-11-6-2)9-13-21-14-10-18/h17,19H,5-16H2,1-4H3. The van der Waals surface area contributed by atoms with Gasteiger partial charge < -0.3 is 15.0 Å². The average Bonchev–Trinajstić information content (AvgIpc) is 2.47. The third-order valence-corrected chi connectivity index (χ3v) is 4.80. The molecule has 21 heavy (non-hydrogen) atoms. The molecule has 1 fully saturated rings. The minimum atomic E-state index is 0.421. The minimum absolute atomic E-state index is 0.421. The molecule has 0 aromatic rings. The molecule has 1 N–H and O–H groups in total. The fraction of sp³-hybridized carbons (Fsp3) is 1.00. The van der Waals surface area contributed by atoms with Crippen LogP contribution in [-0.4, -0.2) is 50.3 Å². The highest BCUT2D eigenvalue weighted by Gasteiger charge is 2.34. The lowest BCUT2D eigenvalue weighted by atomic mass is 9.79. The summed E-state index contributed by atoms with van der Waals surface area (Å²) < 4.78 is 5.63. The maximum Gasteiger partial charge on any atom is 0.0472 e. The van der Waals surface area contributed by atoms with Crippen molar-refractivity contribution in [3.63, 3.8) is 0 Å². The summed E-state index contributed by atoms with van der Waals surface area (Å²) in [4.78, 5) is 2.70. The Morgan fingerprint density at radius 1 is 1.10 bits per heavy atom. The molecule has 0 spiro atoms. The van der Waals surface area contributed by atoms with Crippen molar-refractivity contribution >= 4 is 0 Å². The van der Waals surface area contributed by atoms with Gasteiger partial charge in [0.1, 0.15) is 0 Å². The van der Waals surface area contributed by atoms with E-state index in [9.17, 15) is 0 Å². The predicted molar refractivity (Wildman–Crippen MR) is 91.9 cm³/mol. The molecule has 0 amide bonds. The van der Waals surface area contributed by atoms with Crippen LogP contribution in [0.1, 0.15) is 66.2 Å². The highest BCUT2D eigenvalue weighted by atomic mass is 16.5. The molecule has 0 saturated carbocycles. The van der Waals surface area contributed by atoms with Crippen LogP contribution in [0, 0.1) is 5.41 Å². The lowest BCUT2D eigenvalue weighted by Crippen LogP contribution is -2.49. The van der Waals surface area contributed by atoms with E-state index in [1.165, 1.54) is 51.6 Å². The van der Waals surface area contributed by atoms with Gasteiger partial charge in [0.05, 0.1) is 0 Å². The fourth-order valence-electron chi connectivity index (χ4n) is 3.24. The van der Waals surface area contributed by atoms with Crippen LogP contribution in [0.5, 0.6) is 0 Å². The Morgan fingerprint density at radius 3 is 2.38 bits per heavy atom. The Hall–Kier alpha value is -0.120. The maximum absolute atomic E-state index is 5.63. The van der Waals surface area contributed by atoms with E-state index in [1.807, 2.05) is 0 Å². The number of hydrogen-bond acceptors (Lipinski definition) is 3. The molecule has 1 aliphatic heterocycles. The van der Waals surface area contributed by atoms with Gasteiger partial charge in [-0.1, -0.05) is 26.7 Å². The first-order valence-electron chi connectivity index (χ1n) is 9.16. The van der Waals surface area contributed by atoms with Crippen molar-refractivity contribution in [2.45, 2.75) is 72.3 Å². The van der Waals surface area contributed by atoms with Crippen molar-refractivity contribution < 1.29 is 4.74 Å². The average molecular weight is 299 g/mol. The molecule has 3 heteroatoms. The monoisotopic (exact) mass is 298 g/mol. The molecule has 3 nitrogen and oxygen atoms in total. The van der Waals surface area contributed by atoms with Gasteiger partial charge in [0.25, 0.3) is 0 Å². The zero-order valence-electron chi connectivity index (χ0n) is 14.9. The van der Waals surface area contributed by atoms with Gasteiger partial charge in [-0.15, -0.1) is 0 Å². The summed E-state index contributed by atoms with van der Waals surface area (Å²) >= 11 is 0. The Balaban J connectivity index is 2.58. The third-order valence-electron chi connectivity index (χ3n) is 4.80. The van der Waals surface area contributed by atoms with Crippen molar-refractivity contribution in [2.24, 2.45) is 5.41 Å². The van der Waals surface area contributed by atoms with E-state index in [2.05, 4.69) is 37.9 Å². The van der Waals surface area contributed by atoms with E-state index in [-0.39, 0.29) is 0 Å². The number of rotatable bonds is 11. The zero-order chi connectivity index (χ0) is 15.6. The van der Waals surface area contributed by atoms with Crippen LogP contribution < -0.4 is 5.32 Å². The topological polar surface area (TPSA) is 24.5 Å². The molecule has 0 unspecified atom stereocenters. The van der Waals surface area contributed by atoms with Crippen LogP contribution in [-0.2, 0) is 4.74 Å². The summed E-state index contributed by atoms with van der Waals surface area (Å²) in [5.41, 5.74) is 0.421. The van der Waals surface area contributed by atoms with Gasteiger partial charge in [0.15, 0.2) is 0 Å². The molecule has 0 bridgehead atoms. The Morgan fingerprint density at radius 2 is 1.81 bits per heavy atom. The maximum atomic E-state index is 5.63. The SMILES string of the molecule is CCCCCN(CC1(CNCCC)CCOCC1)C(C)C. The molecule has 1 heterocycles. The van der Waals surface area contributed by atoms with Crippen LogP contribution >= 0.6 is 0 Å². The minimum Gasteiger partial charge on any atom is -0.381 e. The lowest BCUT2D eigenvalue weighted by molar-refractivity contribution is -0.00968. The van der Waals surface area contributed by atoms with Crippen LogP contribution in [0.3, 0.4) is 0 Å². The molecular formula is C18H38N2O. The summed E-state index contributed by atoms with van der Waals surface area (Å²) in [5.74, 6) is 0. The third kappa shape index (κ3) is 7.12. The largest absolute Gasteiger partial charge is 0.381 e. The van der Waals surface area contributed by atoms with Gasteiger partial charge >= 0.3 is 0 Å². The molecule has 1 rings (SSSR count). The molecule has 0 atom stereocenters. The number of nitrogens with one attached hydrogen (secondary N) is 1. The highest BCUT2D eigenvalue weighted by Crippen LogP contribution is 2.31. The summed E-state index contributed by atoms with van der Waals surface area (Å²) in [7, 11) is 0. The van der Waals surface area contributed by atoms with Gasteiger partial charge in [-0.3, -0.25) is 0 Å². The molecule has 126 valence electrons. The first kappa shape index (κ1) is 18.9. The number of nitrogens with zero attached hydrogens (tertiary/aromatic N) is 1. The molecule has 0 aromatic carbocycles. The van der Waals surface area contributed by atoms with Gasteiger partial charge in [0.2, 0.25) is 0 Å². The smallest absolute Gasteiger partial charge is 0.0472 e. The first-order chi connectivity index (χ1) is 10.1. The second-order valence-electron chi connectivity index (χ2n) is 7.06. The van der Waals surface area contributed by atoms with Crippen molar-refractivity contribution in [3.8, 4) is 0 Å². The summed E-state index contributed by atoms with van der Waals surface area (Å²) in [5, 5.41) is 3.67. The molecule has 0 aliphatic carbocycles. The van der Waals surface area contributed by atoms with Crippen LogP contribution in [0.2, 0.25) is 0 Å². The van der Waals surface area contributed by atoms with Gasteiger partial charge in [-0.25, -0.2) is 0 Å². The van der Waals surface area contributed by atoms with Gasteiger partial charge in [-0.05, 0) is 58.0 Å². The Kier molecular flexibility index (Phi) is 9.54. The molecule has 1 aliphatic rings. The van der Waals surface area contributed by atoms with E-state index in [0.717, 1.165) is 26.3 Å². The van der Waals surface area contributed by atoms with Crippen molar-refractivity contribution in [1.29, 1.82) is 0 Å². The number of ether oxygens (including phenoxy) is 1. The molecular weight excluding hydrogens is 260 g/mol. The van der Waals surface area contributed by atoms with Gasteiger partial charge in [-0.2, -0.15) is 0 Å². The summed E-state index contributed by atoms with van der Waals surface area (Å²) in [6, 6.07) is 0.646. The second-order valence-corrected chi connectivity index (χ2v) is 7.06. The number of unbranched alkanes of at least 4 members (excludes halogenated alkanes) is 2.